The Morgan fingerprint density at radius 1 is 1.37 bits per heavy atom. The van der Waals surface area contributed by atoms with Crippen molar-refractivity contribution in [2.24, 2.45) is 5.92 Å². The second-order valence-electron chi connectivity index (χ2n) is 7.07. The molecule has 2 N–H and O–H groups in total. The Kier molecular flexibility index (Phi) is 4.53. The first-order chi connectivity index (χ1) is 13.0. The molecule has 0 bridgehead atoms. The minimum atomic E-state index is -0.307. The molecule has 0 unspecified atom stereocenters. The zero-order valence-electron chi connectivity index (χ0n) is 15.3. The van der Waals surface area contributed by atoms with Crippen LogP contribution in [0.3, 0.4) is 0 Å². The second kappa shape index (κ2) is 7.00. The van der Waals surface area contributed by atoms with Gasteiger partial charge in [0.2, 0.25) is 5.88 Å². The summed E-state index contributed by atoms with van der Waals surface area (Å²) in [4.78, 5) is 21.5. The third kappa shape index (κ3) is 3.50. The average molecular weight is 366 g/mol. The number of aromatic nitrogens is 3. The number of carbonyl (C=O) groups excluding carboxylic acids is 1. The lowest BCUT2D eigenvalue weighted by molar-refractivity contribution is 0.0234. The van der Waals surface area contributed by atoms with Crippen LogP contribution in [0.2, 0.25) is 0 Å². The maximum atomic E-state index is 12.8. The van der Waals surface area contributed by atoms with Crippen LogP contribution in [0, 0.1) is 12.8 Å². The van der Waals surface area contributed by atoms with Gasteiger partial charge in [0.25, 0.3) is 5.91 Å². The van der Waals surface area contributed by atoms with Crippen molar-refractivity contribution in [3.63, 3.8) is 0 Å². The van der Waals surface area contributed by atoms with Gasteiger partial charge in [-0.05, 0) is 48.9 Å². The van der Waals surface area contributed by atoms with Crippen LogP contribution in [0.25, 0.3) is 5.65 Å². The maximum Gasteiger partial charge on any atom is 0.272 e. The van der Waals surface area contributed by atoms with Crippen molar-refractivity contribution in [3.8, 4) is 5.88 Å². The van der Waals surface area contributed by atoms with E-state index in [2.05, 4.69) is 15.3 Å². The van der Waals surface area contributed by atoms with Crippen LogP contribution in [0.4, 0.5) is 0 Å². The van der Waals surface area contributed by atoms with E-state index in [0.29, 0.717) is 24.4 Å². The molecule has 3 aromatic heterocycles. The zero-order valence-corrected chi connectivity index (χ0v) is 15.3. The molecule has 0 aromatic carbocycles. The van der Waals surface area contributed by atoms with Crippen LogP contribution in [-0.2, 0) is 0 Å². The van der Waals surface area contributed by atoms with Crippen molar-refractivity contribution in [1.82, 2.24) is 19.7 Å². The third-order valence-corrected chi connectivity index (χ3v) is 5.08. The number of pyridine rings is 2. The van der Waals surface area contributed by atoms with Crippen LogP contribution in [0.1, 0.15) is 40.5 Å². The summed E-state index contributed by atoms with van der Waals surface area (Å²) in [5.74, 6) is 0.449. The van der Waals surface area contributed by atoms with Crippen molar-refractivity contribution in [3.05, 3.63) is 59.7 Å². The molecular formula is C20H22N4O3. The Morgan fingerprint density at radius 2 is 2.19 bits per heavy atom. The highest BCUT2D eigenvalue weighted by atomic mass is 16.5. The monoisotopic (exact) mass is 366 g/mol. The molecular weight excluding hydrogens is 344 g/mol. The number of rotatable bonds is 5. The molecule has 1 atom stereocenters. The van der Waals surface area contributed by atoms with Crippen LogP contribution < -0.4 is 10.1 Å². The predicted molar refractivity (Wildman–Crippen MR) is 99.7 cm³/mol. The molecule has 1 saturated carbocycles. The lowest BCUT2D eigenvalue weighted by atomic mass is 9.75. The van der Waals surface area contributed by atoms with E-state index >= 15 is 0 Å². The number of fused-ring (bicyclic) bond motifs is 1. The van der Waals surface area contributed by atoms with E-state index in [4.69, 9.17) is 4.74 Å². The van der Waals surface area contributed by atoms with Gasteiger partial charge in [0.1, 0.15) is 11.3 Å². The minimum absolute atomic E-state index is 0.165. The molecule has 3 heterocycles. The first-order valence-corrected chi connectivity index (χ1v) is 8.97. The number of aliphatic hydroxyl groups excluding tert-OH is 1. The lowest BCUT2D eigenvalue weighted by Crippen LogP contribution is -2.41. The number of amides is 1. The highest BCUT2D eigenvalue weighted by Gasteiger charge is 2.36. The van der Waals surface area contributed by atoms with Crippen LogP contribution in [0.5, 0.6) is 5.88 Å². The molecule has 1 fully saturated rings. The number of nitrogens with zero attached hydrogens (tertiary/aromatic N) is 3. The summed E-state index contributed by atoms with van der Waals surface area (Å²) >= 11 is 0. The molecule has 1 aliphatic carbocycles. The number of aliphatic hydroxyl groups is 1. The number of hydrogen-bond donors (Lipinski definition) is 2. The van der Waals surface area contributed by atoms with Gasteiger partial charge >= 0.3 is 0 Å². The number of imidazole rings is 1. The van der Waals surface area contributed by atoms with Gasteiger partial charge in [0, 0.05) is 24.7 Å². The van der Waals surface area contributed by atoms with Crippen molar-refractivity contribution < 1.29 is 14.6 Å². The number of aryl methyl sites for hydroxylation is 1. The Hall–Kier alpha value is -2.93. The minimum Gasteiger partial charge on any atom is -0.481 e. The van der Waals surface area contributed by atoms with Crippen molar-refractivity contribution in [2.75, 3.05) is 7.11 Å². The van der Waals surface area contributed by atoms with Gasteiger partial charge in [-0.1, -0.05) is 6.07 Å². The lowest BCUT2D eigenvalue weighted by Gasteiger charge is -2.38. The topological polar surface area (TPSA) is 88.8 Å². The van der Waals surface area contributed by atoms with E-state index in [1.807, 2.05) is 35.7 Å². The van der Waals surface area contributed by atoms with E-state index in [1.165, 1.54) is 0 Å². The fraction of sp³-hybridized carbons (Fsp3) is 0.350. The van der Waals surface area contributed by atoms with Crippen molar-refractivity contribution in [2.45, 2.75) is 31.9 Å². The summed E-state index contributed by atoms with van der Waals surface area (Å²) in [6.45, 7) is 1.99. The van der Waals surface area contributed by atoms with Gasteiger partial charge in [-0.2, -0.15) is 0 Å². The summed E-state index contributed by atoms with van der Waals surface area (Å²) < 4.78 is 6.94. The number of ether oxygens (including phenoxy) is 1. The first-order valence-electron chi connectivity index (χ1n) is 8.97. The predicted octanol–water partition coefficient (Wildman–Crippen LogP) is 2.29. The molecule has 3 aromatic rings. The molecule has 4 rings (SSSR count). The van der Waals surface area contributed by atoms with Crippen LogP contribution in [-0.4, -0.2) is 38.6 Å². The summed E-state index contributed by atoms with van der Waals surface area (Å²) in [5.41, 5.74) is 3.08. The normalized spacial score (nSPS) is 20.1. The van der Waals surface area contributed by atoms with Crippen molar-refractivity contribution in [1.29, 1.82) is 0 Å². The molecule has 0 spiro atoms. The standard InChI is InChI=1S/C20H22N4O3/c1-12-5-6-24-11-16(22-17(24)7-12)20(26)23-19(14-8-15(25)9-14)13-3-4-18(27-2)21-10-13/h3-7,10-11,14-15,19,25H,8-9H2,1-2H3,(H,23,26)/t14?,15?,19-/m1/s1. The molecule has 7 nitrogen and oxygen atoms in total. The highest BCUT2D eigenvalue weighted by Crippen LogP contribution is 2.38. The number of carbonyl (C=O) groups is 1. The van der Waals surface area contributed by atoms with Gasteiger partial charge in [0.15, 0.2) is 0 Å². The van der Waals surface area contributed by atoms with Gasteiger partial charge in [0.05, 0.1) is 19.3 Å². The third-order valence-electron chi connectivity index (χ3n) is 5.08. The molecule has 140 valence electrons. The fourth-order valence-electron chi connectivity index (χ4n) is 3.48. The SMILES string of the molecule is COc1ccc([C@@H](NC(=O)c2cn3ccc(C)cc3n2)C2CC(O)C2)cn1. The van der Waals surface area contributed by atoms with E-state index in [0.717, 1.165) is 16.8 Å². The van der Waals surface area contributed by atoms with E-state index in [-0.39, 0.29) is 24.0 Å². The Bertz CT molecular complexity index is 961. The van der Waals surface area contributed by atoms with Crippen molar-refractivity contribution >= 4 is 11.6 Å². The smallest absolute Gasteiger partial charge is 0.272 e. The summed E-state index contributed by atoms with van der Waals surface area (Å²) in [7, 11) is 1.56. The number of methoxy groups -OCH3 is 1. The van der Waals surface area contributed by atoms with E-state index < -0.39 is 0 Å². The van der Waals surface area contributed by atoms with Gasteiger partial charge < -0.3 is 19.6 Å². The molecule has 27 heavy (non-hydrogen) atoms. The first kappa shape index (κ1) is 17.5. The molecule has 1 aliphatic rings. The molecule has 1 amide bonds. The van der Waals surface area contributed by atoms with Crippen LogP contribution >= 0.6 is 0 Å². The second-order valence-corrected chi connectivity index (χ2v) is 7.07. The zero-order chi connectivity index (χ0) is 19.0. The fourth-order valence-corrected chi connectivity index (χ4v) is 3.48. The average Bonchev–Trinajstić information content (AvgIpc) is 3.07. The summed E-state index contributed by atoms with van der Waals surface area (Å²) in [6.07, 6.45) is 6.33. The summed E-state index contributed by atoms with van der Waals surface area (Å²) in [5, 5.41) is 12.8. The number of nitrogens with one attached hydrogen (secondary N) is 1. The largest absolute Gasteiger partial charge is 0.481 e. The maximum absolute atomic E-state index is 12.8. The Balaban J connectivity index is 1.58. The van der Waals surface area contributed by atoms with Gasteiger partial charge in [-0.25, -0.2) is 9.97 Å². The molecule has 7 heteroatoms. The van der Waals surface area contributed by atoms with E-state index in [9.17, 15) is 9.90 Å². The van der Waals surface area contributed by atoms with E-state index in [1.54, 1.807) is 25.6 Å². The molecule has 0 aliphatic heterocycles. The molecule has 0 radical (unpaired) electrons. The Morgan fingerprint density at radius 3 is 2.85 bits per heavy atom. The Labute approximate surface area is 157 Å². The highest BCUT2D eigenvalue weighted by molar-refractivity contribution is 5.93. The number of hydrogen-bond acceptors (Lipinski definition) is 5. The van der Waals surface area contributed by atoms with Crippen LogP contribution in [0.15, 0.2) is 42.9 Å². The molecule has 0 saturated heterocycles. The summed E-state index contributed by atoms with van der Waals surface area (Å²) in [6, 6.07) is 7.35. The quantitative estimate of drug-likeness (QED) is 0.723. The van der Waals surface area contributed by atoms with Gasteiger partial charge in [-0.15, -0.1) is 0 Å². The van der Waals surface area contributed by atoms with Gasteiger partial charge in [-0.3, -0.25) is 4.79 Å².